The Labute approximate surface area is 145 Å². The third-order valence-electron chi connectivity index (χ3n) is 4.28. The largest absolute Gasteiger partial charge is 0.497 e. The van der Waals surface area contributed by atoms with Crippen molar-refractivity contribution in [2.24, 2.45) is 0 Å². The summed E-state index contributed by atoms with van der Waals surface area (Å²) in [6.45, 7) is 0. The van der Waals surface area contributed by atoms with Crippen LogP contribution < -0.4 is 10.1 Å². The summed E-state index contributed by atoms with van der Waals surface area (Å²) in [5.74, 6) is 0.659. The normalized spacial score (nSPS) is 10.9. The van der Waals surface area contributed by atoms with Crippen LogP contribution in [0.15, 0.2) is 71.3 Å². The number of carbonyl (C=O) groups is 1. The number of methoxy groups -OCH3 is 1. The van der Waals surface area contributed by atoms with Gasteiger partial charge in [-0.25, -0.2) is 0 Å². The van der Waals surface area contributed by atoms with Gasteiger partial charge in [-0.3, -0.25) is 4.79 Å². The first-order valence-corrected chi connectivity index (χ1v) is 8.06. The predicted molar refractivity (Wildman–Crippen MR) is 99.0 cm³/mol. The third kappa shape index (κ3) is 2.94. The van der Waals surface area contributed by atoms with E-state index in [-0.39, 0.29) is 12.3 Å². The lowest BCUT2D eigenvalue weighted by Crippen LogP contribution is -2.14. The van der Waals surface area contributed by atoms with Gasteiger partial charge in [-0.05, 0) is 29.7 Å². The first-order valence-electron chi connectivity index (χ1n) is 8.06. The molecule has 0 radical (unpaired) electrons. The zero-order valence-electron chi connectivity index (χ0n) is 13.8. The maximum absolute atomic E-state index is 12.5. The van der Waals surface area contributed by atoms with Crippen LogP contribution in [0.1, 0.15) is 5.56 Å². The van der Waals surface area contributed by atoms with Crippen LogP contribution in [0, 0.1) is 0 Å². The van der Waals surface area contributed by atoms with Crippen LogP contribution in [0.3, 0.4) is 0 Å². The summed E-state index contributed by atoms with van der Waals surface area (Å²) < 4.78 is 10.8. The van der Waals surface area contributed by atoms with Gasteiger partial charge < -0.3 is 14.5 Å². The summed E-state index contributed by atoms with van der Waals surface area (Å²) in [5, 5.41) is 6.02. The van der Waals surface area contributed by atoms with Gasteiger partial charge in [0.2, 0.25) is 5.91 Å². The molecule has 1 amide bonds. The van der Waals surface area contributed by atoms with Crippen LogP contribution >= 0.6 is 0 Å². The second-order valence-electron chi connectivity index (χ2n) is 5.87. The Morgan fingerprint density at radius 1 is 1.04 bits per heavy atom. The van der Waals surface area contributed by atoms with Crippen molar-refractivity contribution in [2.45, 2.75) is 6.42 Å². The number of benzene rings is 3. The molecule has 4 rings (SSSR count). The van der Waals surface area contributed by atoms with Crippen LogP contribution in [0.5, 0.6) is 5.75 Å². The molecule has 1 N–H and O–H groups in total. The van der Waals surface area contributed by atoms with E-state index >= 15 is 0 Å². The van der Waals surface area contributed by atoms with E-state index in [9.17, 15) is 4.79 Å². The lowest BCUT2D eigenvalue weighted by atomic mass is 10.1. The number of hydrogen-bond acceptors (Lipinski definition) is 3. The van der Waals surface area contributed by atoms with Gasteiger partial charge in [-0.15, -0.1) is 0 Å². The average molecular weight is 331 g/mol. The average Bonchev–Trinajstić information content (AvgIpc) is 3.04. The third-order valence-corrected chi connectivity index (χ3v) is 4.28. The summed E-state index contributed by atoms with van der Waals surface area (Å²) in [6.07, 6.45) is 1.87. The lowest BCUT2D eigenvalue weighted by Gasteiger charge is -2.08. The van der Waals surface area contributed by atoms with Crippen LogP contribution in [-0.4, -0.2) is 13.0 Å². The van der Waals surface area contributed by atoms with Gasteiger partial charge in [0.15, 0.2) is 0 Å². The van der Waals surface area contributed by atoms with Crippen LogP contribution in [0.25, 0.3) is 21.7 Å². The number of ether oxygens (including phenoxy) is 1. The highest BCUT2D eigenvalue weighted by molar-refractivity contribution is 6.03. The van der Waals surface area contributed by atoms with Gasteiger partial charge in [0.25, 0.3) is 0 Å². The smallest absolute Gasteiger partial charge is 0.228 e. The van der Waals surface area contributed by atoms with E-state index in [1.165, 1.54) is 0 Å². The minimum atomic E-state index is -0.0816. The SMILES string of the molecule is COc1ccc2occ(CC(=O)Nc3cccc4ccccc34)c2c1. The molecule has 25 heavy (non-hydrogen) atoms. The Bertz CT molecular complexity index is 1060. The second kappa shape index (κ2) is 6.32. The van der Waals surface area contributed by atoms with E-state index < -0.39 is 0 Å². The standard InChI is InChI=1S/C21H17NO3/c1-24-16-9-10-20-18(12-16)15(13-25-20)11-21(23)22-19-8-4-6-14-5-2-3-7-17(14)19/h2-10,12-13H,11H2,1H3,(H,22,23). The molecule has 4 nitrogen and oxygen atoms in total. The number of furan rings is 1. The van der Waals surface area contributed by atoms with Crippen LogP contribution in [0.2, 0.25) is 0 Å². The number of fused-ring (bicyclic) bond motifs is 2. The molecule has 3 aromatic carbocycles. The number of rotatable bonds is 4. The first kappa shape index (κ1) is 15.3. The molecule has 124 valence electrons. The molecule has 1 heterocycles. The first-order chi connectivity index (χ1) is 12.2. The molecule has 0 fully saturated rings. The molecule has 1 aromatic heterocycles. The van der Waals surface area contributed by atoms with Gasteiger partial charge in [-0.2, -0.15) is 0 Å². The summed E-state index contributed by atoms with van der Waals surface area (Å²) in [6, 6.07) is 19.4. The molecular weight excluding hydrogens is 314 g/mol. The van der Waals surface area contributed by atoms with E-state index in [1.54, 1.807) is 13.4 Å². The maximum Gasteiger partial charge on any atom is 0.228 e. The Morgan fingerprint density at radius 2 is 1.88 bits per heavy atom. The Balaban J connectivity index is 1.60. The van der Waals surface area contributed by atoms with Crippen LogP contribution in [-0.2, 0) is 11.2 Å². The summed E-state index contributed by atoms with van der Waals surface area (Å²) in [4.78, 5) is 12.5. The minimum Gasteiger partial charge on any atom is -0.497 e. The summed E-state index contributed by atoms with van der Waals surface area (Å²) >= 11 is 0. The van der Waals surface area contributed by atoms with Gasteiger partial charge in [0.05, 0.1) is 19.8 Å². The Morgan fingerprint density at radius 3 is 2.76 bits per heavy atom. The molecule has 0 aliphatic heterocycles. The minimum absolute atomic E-state index is 0.0816. The van der Waals surface area contributed by atoms with Crippen molar-refractivity contribution in [2.75, 3.05) is 12.4 Å². The van der Waals surface area contributed by atoms with Gasteiger partial charge >= 0.3 is 0 Å². The highest BCUT2D eigenvalue weighted by atomic mass is 16.5. The molecule has 0 atom stereocenters. The molecule has 0 aliphatic carbocycles. The number of anilines is 1. The van der Waals surface area contributed by atoms with Gasteiger partial charge in [0.1, 0.15) is 11.3 Å². The zero-order chi connectivity index (χ0) is 17.2. The fraction of sp³-hybridized carbons (Fsp3) is 0.0952. The molecule has 4 heteroatoms. The van der Waals surface area contributed by atoms with E-state index in [2.05, 4.69) is 5.32 Å². The van der Waals surface area contributed by atoms with Gasteiger partial charge in [-0.1, -0.05) is 36.4 Å². The predicted octanol–water partition coefficient (Wildman–Crippen LogP) is 4.78. The molecule has 0 bridgehead atoms. The van der Waals surface area contributed by atoms with Crippen molar-refractivity contribution < 1.29 is 13.9 Å². The van der Waals surface area contributed by atoms with E-state index in [0.29, 0.717) is 0 Å². The molecule has 4 aromatic rings. The van der Waals surface area contributed by atoms with E-state index in [1.807, 2.05) is 60.7 Å². The number of carbonyl (C=O) groups excluding carboxylic acids is 1. The van der Waals surface area contributed by atoms with Crippen molar-refractivity contribution in [3.8, 4) is 5.75 Å². The van der Waals surface area contributed by atoms with Crippen molar-refractivity contribution in [1.29, 1.82) is 0 Å². The molecule has 0 saturated carbocycles. The molecular formula is C21H17NO3. The summed E-state index contributed by atoms with van der Waals surface area (Å²) in [5.41, 5.74) is 2.40. The number of hydrogen-bond donors (Lipinski definition) is 1. The number of nitrogens with one attached hydrogen (secondary N) is 1. The van der Waals surface area contributed by atoms with E-state index in [4.69, 9.17) is 9.15 Å². The molecule has 0 aliphatic rings. The van der Waals surface area contributed by atoms with Gasteiger partial charge in [0, 0.05) is 22.0 Å². The number of amides is 1. The lowest BCUT2D eigenvalue weighted by molar-refractivity contribution is -0.115. The Kier molecular flexibility index (Phi) is 3.86. The molecule has 0 unspecified atom stereocenters. The topological polar surface area (TPSA) is 51.5 Å². The monoisotopic (exact) mass is 331 g/mol. The van der Waals surface area contributed by atoms with Crippen molar-refractivity contribution in [3.63, 3.8) is 0 Å². The highest BCUT2D eigenvalue weighted by Gasteiger charge is 2.12. The maximum atomic E-state index is 12.5. The quantitative estimate of drug-likeness (QED) is 0.586. The molecule has 0 saturated heterocycles. The summed E-state index contributed by atoms with van der Waals surface area (Å²) in [7, 11) is 1.62. The van der Waals surface area contributed by atoms with E-state index in [0.717, 1.165) is 38.7 Å². The van der Waals surface area contributed by atoms with Crippen molar-refractivity contribution >= 4 is 33.3 Å². The fourth-order valence-corrected chi connectivity index (χ4v) is 3.03. The fourth-order valence-electron chi connectivity index (χ4n) is 3.03. The zero-order valence-corrected chi connectivity index (χ0v) is 13.8. The highest BCUT2D eigenvalue weighted by Crippen LogP contribution is 2.27. The van der Waals surface area contributed by atoms with Crippen molar-refractivity contribution in [1.82, 2.24) is 0 Å². The molecule has 0 spiro atoms. The van der Waals surface area contributed by atoms with Crippen LogP contribution in [0.4, 0.5) is 5.69 Å². The second-order valence-corrected chi connectivity index (χ2v) is 5.87. The Hall–Kier alpha value is -3.27. The van der Waals surface area contributed by atoms with Crippen molar-refractivity contribution in [3.05, 3.63) is 72.5 Å².